The molecule has 2 aromatic carbocycles. The van der Waals surface area contributed by atoms with Crippen molar-refractivity contribution in [2.75, 3.05) is 18.5 Å². The Balaban J connectivity index is 1.34. The molecule has 2 fully saturated rings. The molecular formula is C22H24FN3O3S. The first-order valence-electron chi connectivity index (χ1n) is 10.0. The van der Waals surface area contributed by atoms with Crippen LogP contribution in [0, 0.1) is 11.7 Å². The molecule has 2 aliphatic rings. The van der Waals surface area contributed by atoms with Crippen molar-refractivity contribution in [1.82, 2.24) is 10.0 Å². The SMILES string of the molecule is O=C(NC(CC1CC1)C(=O)Nc1ccc(SNC2COC2)cc1)c1ccc(F)cc1. The van der Waals surface area contributed by atoms with E-state index in [2.05, 4.69) is 15.4 Å². The molecule has 0 radical (unpaired) electrons. The maximum atomic E-state index is 13.1. The summed E-state index contributed by atoms with van der Waals surface area (Å²) in [5.74, 6) is -0.581. The van der Waals surface area contributed by atoms with E-state index in [1.807, 2.05) is 24.3 Å². The van der Waals surface area contributed by atoms with Gasteiger partial charge in [0.05, 0.1) is 19.3 Å². The largest absolute Gasteiger partial charge is 0.378 e. The minimum atomic E-state index is -0.635. The molecule has 158 valence electrons. The number of hydrogen-bond donors (Lipinski definition) is 3. The van der Waals surface area contributed by atoms with Gasteiger partial charge in [0.15, 0.2) is 0 Å². The molecule has 1 aliphatic heterocycles. The molecule has 0 aromatic heterocycles. The normalized spacial score (nSPS) is 17.1. The van der Waals surface area contributed by atoms with E-state index >= 15 is 0 Å². The van der Waals surface area contributed by atoms with Crippen LogP contribution in [0.2, 0.25) is 0 Å². The van der Waals surface area contributed by atoms with Gasteiger partial charge in [-0.3, -0.25) is 14.3 Å². The smallest absolute Gasteiger partial charge is 0.251 e. The van der Waals surface area contributed by atoms with E-state index in [1.54, 1.807) is 0 Å². The highest BCUT2D eigenvalue weighted by Gasteiger charge is 2.30. The Bertz CT molecular complexity index is 884. The molecule has 1 atom stereocenters. The molecule has 1 unspecified atom stereocenters. The van der Waals surface area contributed by atoms with Gasteiger partial charge in [-0.05, 0) is 72.8 Å². The third kappa shape index (κ3) is 5.81. The van der Waals surface area contributed by atoms with Gasteiger partial charge >= 0.3 is 0 Å². The van der Waals surface area contributed by atoms with Gasteiger partial charge in [-0.25, -0.2) is 4.39 Å². The molecule has 1 aliphatic carbocycles. The van der Waals surface area contributed by atoms with Gasteiger partial charge in [0.2, 0.25) is 5.91 Å². The Morgan fingerprint density at radius 3 is 2.37 bits per heavy atom. The van der Waals surface area contributed by atoms with E-state index in [-0.39, 0.29) is 11.8 Å². The number of nitrogens with one attached hydrogen (secondary N) is 3. The maximum absolute atomic E-state index is 13.1. The fraction of sp³-hybridized carbons (Fsp3) is 0.364. The van der Waals surface area contributed by atoms with Crippen molar-refractivity contribution in [2.24, 2.45) is 5.92 Å². The average Bonchev–Trinajstić information content (AvgIpc) is 3.52. The molecule has 1 saturated heterocycles. The molecule has 0 spiro atoms. The van der Waals surface area contributed by atoms with E-state index in [4.69, 9.17) is 4.74 Å². The van der Waals surface area contributed by atoms with Crippen LogP contribution in [0.4, 0.5) is 10.1 Å². The van der Waals surface area contributed by atoms with Crippen molar-refractivity contribution < 1.29 is 18.7 Å². The van der Waals surface area contributed by atoms with Gasteiger partial charge in [-0.2, -0.15) is 0 Å². The third-order valence-corrected chi connectivity index (χ3v) is 6.06. The number of benzene rings is 2. The lowest BCUT2D eigenvalue weighted by Crippen LogP contribution is -2.44. The lowest BCUT2D eigenvalue weighted by molar-refractivity contribution is -0.118. The predicted octanol–water partition coefficient (Wildman–Crippen LogP) is 3.36. The second-order valence-corrected chi connectivity index (χ2v) is 8.59. The van der Waals surface area contributed by atoms with Crippen molar-refractivity contribution in [1.29, 1.82) is 0 Å². The van der Waals surface area contributed by atoms with Crippen LogP contribution in [0.15, 0.2) is 53.4 Å². The molecule has 30 heavy (non-hydrogen) atoms. The Labute approximate surface area is 179 Å². The quantitative estimate of drug-likeness (QED) is 0.533. The van der Waals surface area contributed by atoms with Gasteiger partial charge in [-0.15, -0.1) is 0 Å². The second-order valence-electron chi connectivity index (χ2n) is 7.68. The summed E-state index contributed by atoms with van der Waals surface area (Å²) < 4.78 is 21.5. The highest BCUT2D eigenvalue weighted by Crippen LogP contribution is 2.34. The van der Waals surface area contributed by atoms with E-state index in [0.717, 1.165) is 31.0 Å². The van der Waals surface area contributed by atoms with Crippen LogP contribution in [-0.4, -0.2) is 37.1 Å². The molecule has 4 rings (SSSR count). The lowest BCUT2D eigenvalue weighted by Gasteiger charge is -2.26. The van der Waals surface area contributed by atoms with Crippen LogP contribution >= 0.6 is 11.9 Å². The average molecular weight is 430 g/mol. The summed E-state index contributed by atoms with van der Waals surface area (Å²) in [4.78, 5) is 26.4. The van der Waals surface area contributed by atoms with Gasteiger partial charge < -0.3 is 15.4 Å². The standard InChI is InChI=1S/C22H24FN3O3S/c23-16-5-3-15(4-6-16)21(27)25-20(11-14-1-2-14)22(28)24-17-7-9-19(10-8-17)30-26-18-12-29-13-18/h3-10,14,18,20,26H,1-2,11-13H2,(H,24,28)(H,25,27). The third-order valence-electron chi connectivity index (χ3n) is 5.10. The van der Waals surface area contributed by atoms with Gasteiger partial charge in [0, 0.05) is 16.1 Å². The Hall–Kier alpha value is -2.42. The molecule has 1 saturated carbocycles. The van der Waals surface area contributed by atoms with Gasteiger partial charge in [0.25, 0.3) is 5.91 Å². The first-order chi connectivity index (χ1) is 14.6. The molecule has 2 amide bonds. The summed E-state index contributed by atoms with van der Waals surface area (Å²) in [6, 6.07) is 12.6. The lowest BCUT2D eigenvalue weighted by atomic mass is 10.1. The minimum Gasteiger partial charge on any atom is -0.378 e. The highest BCUT2D eigenvalue weighted by molar-refractivity contribution is 7.97. The fourth-order valence-electron chi connectivity index (χ4n) is 3.05. The van der Waals surface area contributed by atoms with E-state index < -0.39 is 11.9 Å². The van der Waals surface area contributed by atoms with Crippen molar-refractivity contribution in [3.05, 3.63) is 59.9 Å². The van der Waals surface area contributed by atoms with Crippen LogP contribution in [0.25, 0.3) is 0 Å². The van der Waals surface area contributed by atoms with Crippen molar-refractivity contribution in [2.45, 2.75) is 36.2 Å². The molecule has 1 heterocycles. The molecule has 6 nitrogen and oxygen atoms in total. The Morgan fingerprint density at radius 2 is 1.77 bits per heavy atom. The van der Waals surface area contributed by atoms with Gasteiger partial charge in [0.1, 0.15) is 11.9 Å². The zero-order chi connectivity index (χ0) is 20.9. The van der Waals surface area contributed by atoms with E-state index in [1.165, 1.54) is 36.2 Å². The number of anilines is 1. The van der Waals surface area contributed by atoms with Crippen LogP contribution in [0.5, 0.6) is 0 Å². The van der Waals surface area contributed by atoms with Crippen LogP contribution in [0.1, 0.15) is 29.6 Å². The highest BCUT2D eigenvalue weighted by atomic mass is 32.2. The minimum absolute atomic E-state index is 0.248. The summed E-state index contributed by atoms with van der Waals surface area (Å²) in [6.45, 7) is 1.46. The van der Waals surface area contributed by atoms with Crippen molar-refractivity contribution in [3.8, 4) is 0 Å². The number of carbonyl (C=O) groups is 2. The zero-order valence-corrected chi connectivity index (χ0v) is 17.2. The second kappa shape index (κ2) is 9.59. The molecule has 2 aromatic rings. The number of amides is 2. The topological polar surface area (TPSA) is 79.5 Å². The van der Waals surface area contributed by atoms with E-state index in [9.17, 15) is 14.0 Å². The summed E-state index contributed by atoms with van der Waals surface area (Å²) in [5, 5.41) is 5.69. The summed E-state index contributed by atoms with van der Waals surface area (Å²) in [6.07, 6.45) is 2.74. The summed E-state index contributed by atoms with van der Waals surface area (Å²) >= 11 is 1.54. The number of hydrogen-bond acceptors (Lipinski definition) is 5. The predicted molar refractivity (Wildman–Crippen MR) is 114 cm³/mol. The number of halogens is 1. The first-order valence-corrected chi connectivity index (χ1v) is 10.9. The van der Waals surface area contributed by atoms with Crippen LogP contribution in [-0.2, 0) is 9.53 Å². The molecular weight excluding hydrogens is 405 g/mol. The van der Waals surface area contributed by atoms with Crippen molar-refractivity contribution in [3.63, 3.8) is 0 Å². The Morgan fingerprint density at radius 1 is 1.07 bits per heavy atom. The fourth-order valence-corrected chi connectivity index (χ4v) is 3.76. The molecule has 0 bridgehead atoms. The first kappa shape index (κ1) is 20.8. The van der Waals surface area contributed by atoms with Crippen LogP contribution in [0.3, 0.4) is 0 Å². The number of rotatable bonds is 9. The van der Waals surface area contributed by atoms with Crippen molar-refractivity contribution >= 4 is 29.4 Å². The maximum Gasteiger partial charge on any atom is 0.251 e. The molecule has 3 N–H and O–H groups in total. The number of carbonyl (C=O) groups excluding carboxylic acids is 2. The monoisotopic (exact) mass is 429 g/mol. The summed E-state index contributed by atoms with van der Waals surface area (Å²) in [5.41, 5.74) is 1.00. The Kier molecular flexibility index (Phi) is 6.66. The van der Waals surface area contributed by atoms with E-state index in [0.29, 0.717) is 29.6 Å². The zero-order valence-electron chi connectivity index (χ0n) is 16.4. The molecule has 8 heteroatoms. The van der Waals surface area contributed by atoms with Gasteiger partial charge in [-0.1, -0.05) is 12.8 Å². The number of ether oxygens (including phenoxy) is 1. The summed E-state index contributed by atoms with van der Waals surface area (Å²) in [7, 11) is 0. The van der Waals surface area contributed by atoms with Crippen LogP contribution < -0.4 is 15.4 Å².